The highest BCUT2D eigenvalue weighted by molar-refractivity contribution is 5.27. The summed E-state index contributed by atoms with van der Waals surface area (Å²) in [5, 5.41) is 0. The van der Waals surface area contributed by atoms with Crippen molar-refractivity contribution < 1.29 is 0 Å². The monoisotopic (exact) mass is 244 g/mol. The van der Waals surface area contributed by atoms with Crippen LogP contribution in [-0.4, -0.2) is 0 Å². The molecule has 0 amide bonds. The van der Waals surface area contributed by atoms with Crippen LogP contribution in [0, 0.1) is 11.8 Å². The lowest BCUT2D eigenvalue weighted by Gasteiger charge is -1.94. The molecule has 0 saturated heterocycles. The molecule has 0 aromatic rings. The molecule has 0 unspecified atom stereocenters. The highest BCUT2D eigenvalue weighted by Gasteiger charge is 1.85. The van der Waals surface area contributed by atoms with E-state index in [9.17, 15) is 0 Å². The van der Waals surface area contributed by atoms with Crippen molar-refractivity contribution in [3.05, 3.63) is 59.8 Å². The molecule has 0 saturated carbocycles. The van der Waals surface area contributed by atoms with Crippen LogP contribution in [0.1, 0.15) is 41.5 Å². The van der Waals surface area contributed by atoms with E-state index in [1.807, 2.05) is 0 Å². The van der Waals surface area contributed by atoms with E-state index >= 15 is 0 Å². The van der Waals surface area contributed by atoms with Gasteiger partial charge in [-0.2, -0.15) is 0 Å². The molecule has 0 aromatic carbocycles. The Morgan fingerprint density at radius 1 is 0.667 bits per heavy atom. The minimum Gasteiger partial charge on any atom is -0.0817 e. The van der Waals surface area contributed by atoms with Crippen molar-refractivity contribution >= 4 is 0 Å². The van der Waals surface area contributed by atoms with Crippen molar-refractivity contribution in [1.82, 2.24) is 0 Å². The lowest BCUT2D eigenvalue weighted by Crippen LogP contribution is -1.77. The predicted octanol–water partition coefficient (Wildman–Crippen LogP) is 5.86. The van der Waals surface area contributed by atoms with Crippen molar-refractivity contribution in [1.29, 1.82) is 0 Å². The highest BCUT2D eigenvalue weighted by Crippen LogP contribution is 2.03. The van der Waals surface area contributed by atoms with Gasteiger partial charge in [-0.1, -0.05) is 87.4 Å². The molecule has 0 aliphatic rings. The van der Waals surface area contributed by atoms with Crippen molar-refractivity contribution in [3.63, 3.8) is 0 Å². The van der Waals surface area contributed by atoms with E-state index in [4.69, 9.17) is 0 Å². The predicted molar refractivity (Wildman–Crippen MR) is 84.6 cm³/mol. The van der Waals surface area contributed by atoms with Crippen LogP contribution < -0.4 is 0 Å². The average molecular weight is 244 g/mol. The third-order valence-corrected chi connectivity index (χ3v) is 2.32. The molecule has 0 nitrogen and oxygen atoms in total. The first-order valence-corrected chi connectivity index (χ1v) is 6.80. The number of hydrogen-bond acceptors (Lipinski definition) is 0. The number of rotatable bonds is 6. The topological polar surface area (TPSA) is 0 Å². The number of allylic oxidation sites excluding steroid dienone is 10. The van der Waals surface area contributed by atoms with Gasteiger partial charge in [-0.25, -0.2) is 0 Å². The van der Waals surface area contributed by atoms with Crippen LogP contribution in [0.3, 0.4) is 0 Å². The van der Waals surface area contributed by atoms with E-state index in [1.165, 1.54) is 11.1 Å². The summed E-state index contributed by atoms with van der Waals surface area (Å²) in [5.41, 5.74) is 2.56. The smallest absolute Gasteiger partial charge is 0.0287 e. The van der Waals surface area contributed by atoms with Crippen LogP contribution in [0.2, 0.25) is 0 Å². The van der Waals surface area contributed by atoms with E-state index in [0.29, 0.717) is 11.8 Å². The molecule has 0 heterocycles. The van der Waals surface area contributed by atoms with Crippen LogP contribution in [0.5, 0.6) is 0 Å². The Balaban J connectivity index is 4.32. The first kappa shape index (κ1) is 16.7. The molecule has 0 bridgehead atoms. The third kappa shape index (κ3) is 11.2. The first-order valence-electron chi connectivity index (χ1n) is 6.80. The fraction of sp³-hybridized carbons (Fsp3) is 0.444. The maximum absolute atomic E-state index is 2.21. The zero-order valence-electron chi connectivity index (χ0n) is 12.8. The first-order chi connectivity index (χ1) is 8.41. The van der Waals surface area contributed by atoms with E-state index < -0.39 is 0 Å². The van der Waals surface area contributed by atoms with Crippen molar-refractivity contribution in [2.24, 2.45) is 11.8 Å². The summed E-state index contributed by atoms with van der Waals surface area (Å²) >= 11 is 0. The van der Waals surface area contributed by atoms with Crippen LogP contribution >= 0.6 is 0 Å². The van der Waals surface area contributed by atoms with Gasteiger partial charge in [-0.05, 0) is 25.7 Å². The summed E-state index contributed by atoms with van der Waals surface area (Å²) in [6.45, 7) is 13.0. The minimum absolute atomic E-state index is 0.612. The van der Waals surface area contributed by atoms with Gasteiger partial charge in [0.1, 0.15) is 0 Å². The lowest BCUT2D eigenvalue weighted by atomic mass is 10.1. The highest BCUT2D eigenvalue weighted by atomic mass is 13.9. The van der Waals surface area contributed by atoms with E-state index in [-0.39, 0.29) is 0 Å². The zero-order valence-corrected chi connectivity index (χ0v) is 12.8. The molecular formula is C18H28. The molecule has 0 aromatic heterocycles. The zero-order chi connectivity index (χ0) is 14.0. The van der Waals surface area contributed by atoms with Crippen molar-refractivity contribution in [2.75, 3.05) is 0 Å². The molecule has 0 aliphatic heterocycles. The largest absolute Gasteiger partial charge is 0.0817 e. The number of hydrogen-bond donors (Lipinski definition) is 0. The Kier molecular flexibility index (Phi) is 9.00. The maximum atomic E-state index is 2.21. The molecular weight excluding hydrogens is 216 g/mol. The van der Waals surface area contributed by atoms with Gasteiger partial charge >= 0.3 is 0 Å². The second-order valence-corrected chi connectivity index (χ2v) is 5.41. The molecule has 100 valence electrons. The Bertz CT molecular complexity index is 321. The maximum Gasteiger partial charge on any atom is -0.0287 e. The summed E-state index contributed by atoms with van der Waals surface area (Å²) < 4.78 is 0. The normalized spacial score (nSPS) is 15.1. The second kappa shape index (κ2) is 9.70. The molecule has 0 N–H and O–H groups in total. The Hall–Kier alpha value is -1.30. The van der Waals surface area contributed by atoms with Gasteiger partial charge in [-0.3, -0.25) is 0 Å². The molecule has 0 spiro atoms. The van der Waals surface area contributed by atoms with Gasteiger partial charge in [0.25, 0.3) is 0 Å². The van der Waals surface area contributed by atoms with Crippen molar-refractivity contribution in [3.8, 4) is 0 Å². The van der Waals surface area contributed by atoms with Crippen LogP contribution in [0.25, 0.3) is 0 Å². The minimum atomic E-state index is 0.612. The van der Waals surface area contributed by atoms with E-state index in [2.05, 4.69) is 90.2 Å². The Morgan fingerprint density at radius 2 is 1.00 bits per heavy atom. The van der Waals surface area contributed by atoms with Crippen molar-refractivity contribution in [2.45, 2.75) is 41.5 Å². The SMILES string of the molecule is CC(/C=C/C(C)C)=C\C=C\C=C(C)\C=C\C(C)C. The van der Waals surface area contributed by atoms with E-state index in [0.717, 1.165) is 0 Å². The van der Waals surface area contributed by atoms with Gasteiger partial charge in [-0.15, -0.1) is 0 Å². The molecule has 0 rings (SSSR count). The standard InChI is InChI=1S/C18H28/c1-15(2)11-13-17(5)9-7-8-10-18(6)14-12-16(3)4/h7-16H,1-6H3/b8-7+,13-11+,14-12+,17-9+,18-10+. The summed E-state index contributed by atoms with van der Waals surface area (Å²) in [6.07, 6.45) is 17.2. The summed E-state index contributed by atoms with van der Waals surface area (Å²) in [7, 11) is 0. The average Bonchev–Trinajstić information content (AvgIpc) is 2.29. The van der Waals surface area contributed by atoms with E-state index in [1.54, 1.807) is 0 Å². The molecule has 0 atom stereocenters. The van der Waals surface area contributed by atoms with Crippen LogP contribution in [-0.2, 0) is 0 Å². The fourth-order valence-corrected chi connectivity index (χ4v) is 1.21. The summed E-state index contributed by atoms with van der Waals surface area (Å²) in [6, 6.07) is 0. The summed E-state index contributed by atoms with van der Waals surface area (Å²) in [4.78, 5) is 0. The van der Waals surface area contributed by atoms with Crippen LogP contribution in [0.15, 0.2) is 59.8 Å². The van der Waals surface area contributed by atoms with Gasteiger partial charge in [0.2, 0.25) is 0 Å². The third-order valence-electron chi connectivity index (χ3n) is 2.32. The van der Waals surface area contributed by atoms with Gasteiger partial charge in [0.05, 0.1) is 0 Å². The fourth-order valence-electron chi connectivity index (χ4n) is 1.21. The molecule has 0 radical (unpaired) electrons. The molecule has 0 aliphatic carbocycles. The lowest BCUT2D eigenvalue weighted by molar-refractivity contribution is 0.830. The quantitative estimate of drug-likeness (QED) is 0.513. The van der Waals surface area contributed by atoms with Gasteiger partial charge < -0.3 is 0 Å². The molecule has 18 heavy (non-hydrogen) atoms. The van der Waals surface area contributed by atoms with Crippen LogP contribution in [0.4, 0.5) is 0 Å². The second-order valence-electron chi connectivity index (χ2n) is 5.41. The Morgan fingerprint density at radius 3 is 1.28 bits per heavy atom. The van der Waals surface area contributed by atoms with Gasteiger partial charge in [0, 0.05) is 0 Å². The Labute approximate surface area is 113 Å². The van der Waals surface area contributed by atoms with Gasteiger partial charge in [0.15, 0.2) is 0 Å². The molecule has 0 heteroatoms. The summed E-state index contributed by atoms with van der Waals surface area (Å²) in [5.74, 6) is 1.22. The molecule has 0 fully saturated rings.